The first-order valence-corrected chi connectivity index (χ1v) is 5.60. The number of carbonyl (C=O) groups excluding carboxylic acids is 1. The Morgan fingerprint density at radius 2 is 1.86 bits per heavy atom. The van der Waals surface area contributed by atoms with Crippen molar-refractivity contribution >= 4 is 33.9 Å². The van der Waals surface area contributed by atoms with Crippen LogP contribution < -0.4 is 0 Å². The van der Waals surface area contributed by atoms with Crippen LogP contribution in [-0.4, -0.2) is 21.3 Å². The van der Waals surface area contributed by atoms with Gasteiger partial charge in [-0.15, -0.1) is 0 Å². The first-order chi connectivity index (χ1) is 6.68. The lowest BCUT2D eigenvalue weighted by Crippen LogP contribution is -1.99. The summed E-state index contributed by atoms with van der Waals surface area (Å²) in [5, 5.41) is 8.35. The number of carboxylic acids is 1. The summed E-state index contributed by atoms with van der Waals surface area (Å²) in [4.78, 5) is 22.2. The van der Waals surface area contributed by atoms with Crippen molar-refractivity contribution in [2.45, 2.75) is 4.90 Å². The molecule has 0 amide bonds. The highest BCUT2D eigenvalue weighted by Gasteiger charge is 2.07. The molecule has 0 spiro atoms. The highest BCUT2D eigenvalue weighted by atomic mass is 32.2. The van der Waals surface area contributed by atoms with Crippen LogP contribution in [0.5, 0.6) is 0 Å². The Labute approximate surface area is 89.9 Å². The van der Waals surface area contributed by atoms with Crippen molar-refractivity contribution in [3.05, 3.63) is 30.3 Å². The lowest BCUT2D eigenvalue weighted by atomic mass is 10.4. The van der Waals surface area contributed by atoms with Gasteiger partial charge in [0.2, 0.25) is 0 Å². The van der Waals surface area contributed by atoms with Gasteiger partial charge >= 0.3 is 5.97 Å². The largest absolute Gasteiger partial charge is 0.481 e. The van der Waals surface area contributed by atoms with Gasteiger partial charge in [-0.3, -0.25) is 9.59 Å². The molecule has 0 aliphatic carbocycles. The van der Waals surface area contributed by atoms with E-state index in [0.717, 1.165) is 28.4 Å². The van der Waals surface area contributed by atoms with E-state index in [0.29, 0.717) is 0 Å². The second-order valence-corrected chi connectivity index (χ2v) is 4.60. The summed E-state index contributed by atoms with van der Waals surface area (Å²) < 4.78 is -0.196. The van der Waals surface area contributed by atoms with E-state index in [-0.39, 0.29) is 10.2 Å². The van der Waals surface area contributed by atoms with Crippen LogP contribution >= 0.6 is 23.5 Å². The van der Waals surface area contributed by atoms with Crippen molar-refractivity contribution in [2.24, 2.45) is 0 Å². The quantitative estimate of drug-likeness (QED) is 0.806. The van der Waals surface area contributed by atoms with Crippen molar-refractivity contribution in [1.82, 2.24) is 0 Å². The van der Waals surface area contributed by atoms with Crippen molar-refractivity contribution in [2.75, 3.05) is 5.75 Å². The van der Waals surface area contributed by atoms with Gasteiger partial charge in [0, 0.05) is 4.90 Å². The van der Waals surface area contributed by atoms with Crippen LogP contribution in [0.1, 0.15) is 0 Å². The molecule has 0 atom stereocenters. The maximum Gasteiger partial charge on any atom is 0.313 e. The number of carboxylic acid groups (broad SMARTS) is 1. The van der Waals surface area contributed by atoms with Gasteiger partial charge in [-0.05, 0) is 23.9 Å². The average Bonchev–Trinajstić information content (AvgIpc) is 2.16. The van der Waals surface area contributed by atoms with Crippen molar-refractivity contribution in [1.29, 1.82) is 0 Å². The molecule has 0 aromatic heterocycles. The fourth-order valence-electron chi connectivity index (χ4n) is 0.735. The van der Waals surface area contributed by atoms with Crippen LogP contribution in [0.15, 0.2) is 35.2 Å². The molecule has 74 valence electrons. The van der Waals surface area contributed by atoms with E-state index >= 15 is 0 Å². The average molecular weight is 228 g/mol. The molecule has 0 unspecified atom stereocenters. The fourth-order valence-corrected chi connectivity index (χ4v) is 2.16. The smallest absolute Gasteiger partial charge is 0.313 e. The maximum atomic E-state index is 11.2. The van der Waals surface area contributed by atoms with Gasteiger partial charge in [0.25, 0.3) is 4.45 Å². The van der Waals surface area contributed by atoms with Gasteiger partial charge in [0.1, 0.15) is 0 Å². The molecule has 0 bridgehead atoms. The Morgan fingerprint density at radius 1 is 1.21 bits per heavy atom. The molecule has 0 fully saturated rings. The number of thioether (sulfide) groups is 2. The molecule has 0 heterocycles. The first kappa shape index (κ1) is 11.1. The Balaban J connectivity index is 2.38. The van der Waals surface area contributed by atoms with Crippen LogP contribution in [-0.2, 0) is 4.79 Å². The Hall–Kier alpha value is -0.940. The Bertz CT molecular complexity index is 324. The molecule has 1 aromatic rings. The normalized spacial score (nSPS) is 9.71. The molecule has 0 aliphatic heterocycles. The molecule has 0 saturated heterocycles. The van der Waals surface area contributed by atoms with E-state index in [4.69, 9.17) is 5.11 Å². The number of aliphatic carboxylic acids is 1. The summed E-state index contributed by atoms with van der Waals surface area (Å²) in [5.74, 6) is -1.16. The van der Waals surface area contributed by atoms with Crippen LogP contribution in [0.4, 0.5) is 4.79 Å². The molecule has 1 N–H and O–H groups in total. The van der Waals surface area contributed by atoms with Gasteiger partial charge < -0.3 is 5.11 Å². The second kappa shape index (κ2) is 5.72. The van der Waals surface area contributed by atoms with Gasteiger partial charge in [0.05, 0.1) is 5.75 Å². The summed E-state index contributed by atoms with van der Waals surface area (Å²) in [6, 6.07) is 9.14. The summed E-state index contributed by atoms with van der Waals surface area (Å²) in [7, 11) is 0. The summed E-state index contributed by atoms with van der Waals surface area (Å²) in [6.07, 6.45) is 0. The Kier molecular flexibility index (Phi) is 4.55. The summed E-state index contributed by atoms with van der Waals surface area (Å²) >= 11 is 1.85. The number of rotatable bonds is 3. The molecule has 1 rings (SSSR count). The molecule has 5 heteroatoms. The van der Waals surface area contributed by atoms with E-state index in [2.05, 4.69) is 0 Å². The molecule has 0 aliphatic rings. The maximum absolute atomic E-state index is 11.2. The predicted octanol–water partition coefficient (Wildman–Crippen LogP) is 2.72. The molecule has 0 saturated carbocycles. The minimum Gasteiger partial charge on any atom is -0.481 e. The van der Waals surface area contributed by atoms with E-state index in [1.54, 1.807) is 0 Å². The molecular formula is C9H8O3S2. The van der Waals surface area contributed by atoms with E-state index in [1.807, 2.05) is 30.3 Å². The fraction of sp³-hybridized carbons (Fsp3) is 0.111. The zero-order chi connectivity index (χ0) is 10.4. The number of benzene rings is 1. The number of hydrogen-bond acceptors (Lipinski definition) is 4. The third-order valence-corrected chi connectivity index (χ3v) is 3.16. The van der Waals surface area contributed by atoms with Crippen LogP contribution in [0, 0.1) is 0 Å². The molecule has 0 radical (unpaired) electrons. The zero-order valence-electron chi connectivity index (χ0n) is 7.17. The molecule has 3 nitrogen and oxygen atoms in total. The highest BCUT2D eigenvalue weighted by Crippen LogP contribution is 2.24. The van der Waals surface area contributed by atoms with E-state index < -0.39 is 5.97 Å². The zero-order valence-corrected chi connectivity index (χ0v) is 8.81. The van der Waals surface area contributed by atoms with Crippen LogP contribution in [0.25, 0.3) is 0 Å². The van der Waals surface area contributed by atoms with Crippen molar-refractivity contribution in [3.63, 3.8) is 0 Å². The van der Waals surface area contributed by atoms with Gasteiger partial charge in [-0.25, -0.2) is 0 Å². The van der Waals surface area contributed by atoms with Crippen LogP contribution in [0.3, 0.4) is 0 Å². The van der Waals surface area contributed by atoms with Gasteiger partial charge in [-0.1, -0.05) is 30.0 Å². The predicted molar refractivity (Wildman–Crippen MR) is 57.8 cm³/mol. The summed E-state index contributed by atoms with van der Waals surface area (Å²) in [6.45, 7) is 0. The minimum atomic E-state index is -0.975. The molecule has 14 heavy (non-hydrogen) atoms. The lowest BCUT2D eigenvalue weighted by Gasteiger charge is -1.97. The SMILES string of the molecule is O=C(O)CSC(=O)Sc1ccccc1. The van der Waals surface area contributed by atoms with Crippen LogP contribution in [0.2, 0.25) is 0 Å². The third-order valence-electron chi connectivity index (χ3n) is 1.26. The molecule has 1 aromatic carbocycles. The first-order valence-electron chi connectivity index (χ1n) is 3.80. The van der Waals surface area contributed by atoms with E-state index in [9.17, 15) is 9.59 Å². The third kappa shape index (κ3) is 4.34. The Morgan fingerprint density at radius 3 is 2.43 bits per heavy atom. The lowest BCUT2D eigenvalue weighted by molar-refractivity contribution is -0.133. The second-order valence-electron chi connectivity index (χ2n) is 2.35. The standard InChI is InChI=1S/C9H8O3S2/c10-8(11)6-13-9(12)14-7-4-2-1-3-5-7/h1-5H,6H2,(H,10,11). The number of hydrogen-bond donors (Lipinski definition) is 1. The van der Waals surface area contributed by atoms with Crippen molar-refractivity contribution < 1.29 is 14.7 Å². The van der Waals surface area contributed by atoms with Crippen molar-refractivity contribution in [3.8, 4) is 0 Å². The monoisotopic (exact) mass is 228 g/mol. The van der Waals surface area contributed by atoms with E-state index in [1.165, 1.54) is 0 Å². The number of carbonyl (C=O) groups is 2. The summed E-state index contributed by atoms with van der Waals surface area (Å²) in [5.41, 5.74) is 0. The van der Waals surface area contributed by atoms with Gasteiger partial charge in [-0.2, -0.15) is 0 Å². The minimum absolute atomic E-state index is 0.182. The van der Waals surface area contributed by atoms with Gasteiger partial charge in [0.15, 0.2) is 0 Å². The molecular weight excluding hydrogens is 220 g/mol. The highest BCUT2D eigenvalue weighted by molar-refractivity contribution is 8.38. The topological polar surface area (TPSA) is 54.4 Å².